The molecule has 0 fully saturated rings. The van der Waals surface area contributed by atoms with Crippen LogP contribution in [0.5, 0.6) is 0 Å². The number of hydrogen-bond donors (Lipinski definition) is 1. The van der Waals surface area contributed by atoms with Gasteiger partial charge in [0.25, 0.3) is 11.8 Å². The van der Waals surface area contributed by atoms with Crippen molar-refractivity contribution in [2.75, 3.05) is 10.2 Å². The summed E-state index contributed by atoms with van der Waals surface area (Å²) in [4.78, 5) is 28.4. The summed E-state index contributed by atoms with van der Waals surface area (Å²) < 4.78 is 0. The Morgan fingerprint density at radius 3 is 2.43 bits per heavy atom. The maximum Gasteiger partial charge on any atom is 0.282 e. The van der Waals surface area contributed by atoms with E-state index in [0.717, 1.165) is 26.6 Å². The van der Waals surface area contributed by atoms with Crippen LogP contribution in [0.4, 0.5) is 11.4 Å². The number of anilines is 2. The Labute approximate surface area is 172 Å². The molecule has 0 saturated carbocycles. The summed E-state index contributed by atoms with van der Waals surface area (Å²) in [5, 5.41) is 5.44. The van der Waals surface area contributed by atoms with E-state index in [1.807, 2.05) is 49.6 Å². The lowest BCUT2D eigenvalue weighted by molar-refractivity contribution is -0.120. The van der Waals surface area contributed by atoms with E-state index in [0.29, 0.717) is 16.3 Å². The Balaban J connectivity index is 1.83. The van der Waals surface area contributed by atoms with Crippen LogP contribution in [-0.4, -0.2) is 11.8 Å². The molecule has 140 valence electrons. The number of thiophene rings is 1. The highest BCUT2D eigenvalue weighted by Gasteiger charge is 2.41. The summed E-state index contributed by atoms with van der Waals surface area (Å²) in [6.07, 6.45) is 0. The zero-order valence-electron chi connectivity index (χ0n) is 15.3. The van der Waals surface area contributed by atoms with Crippen molar-refractivity contribution in [3.8, 4) is 0 Å². The van der Waals surface area contributed by atoms with Gasteiger partial charge >= 0.3 is 0 Å². The van der Waals surface area contributed by atoms with Crippen molar-refractivity contribution < 1.29 is 9.59 Å². The van der Waals surface area contributed by atoms with Crippen LogP contribution in [-0.2, 0) is 9.59 Å². The van der Waals surface area contributed by atoms with Crippen molar-refractivity contribution in [2.45, 2.75) is 13.8 Å². The third kappa shape index (κ3) is 3.13. The standard InChI is InChI=1S/C22H17ClN2O2S/c1-13-9-10-16(14(2)12-13)24-20-19(18-8-5-11-28-18)21(26)25(22(20)27)17-7-4-3-6-15(17)23/h3-12,24H,1-2H3. The first-order valence-electron chi connectivity index (χ1n) is 8.73. The van der Waals surface area contributed by atoms with Gasteiger partial charge < -0.3 is 5.32 Å². The van der Waals surface area contributed by atoms with Gasteiger partial charge in [0.05, 0.1) is 16.3 Å². The highest BCUT2D eigenvalue weighted by atomic mass is 35.5. The molecule has 0 saturated heterocycles. The average Bonchev–Trinajstić information content (AvgIpc) is 3.26. The Morgan fingerprint density at radius 1 is 0.964 bits per heavy atom. The highest BCUT2D eigenvalue weighted by Crippen LogP contribution is 2.38. The molecule has 4 nitrogen and oxygen atoms in total. The number of carbonyl (C=O) groups excluding carboxylic acids is 2. The number of carbonyl (C=O) groups is 2. The third-order valence-corrected chi connectivity index (χ3v) is 5.79. The number of hydrogen-bond acceptors (Lipinski definition) is 4. The molecule has 3 aromatic rings. The molecule has 1 N–H and O–H groups in total. The van der Waals surface area contributed by atoms with Crippen LogP contribution in [0.25, 0.3) is 5.57 Å². The van der Waals surface area contributed by atoms with Crippen LogP contribution < -0.4 is 10.2 Å². The molecule has 1 aliphatic rings. The number of amides is 2. The number of rotatable bonds is 4. The fourth-order valence-electron chi connectivity index (χ4n) is 3.24. The number of nitrogens with zero attached hydrogens (tertiary/aromatic N) is 1. The van der Waals surface area contributed by atoms with E-state index in [-0.39, 0.29) is 11.6 Å². The Bertz CT molecular complexity index is 1120. The Morgan fingerprint density at radius 2 is 1.75 bits per heavy atom. The highest BCUT2D eigenvalue weighted by molar-refractivity contribution is 7.11. The SMILES string of the molecule is Cc1ccc(NC2=C(c3cccs3)C(=O)N(c3ccccc3Cl)C2=O)c(C)c1. The van der Waals surface area contributed by atoms with Crippen LogP contribution in [0.1, 0.15) is 16.0 Å². The molecule has 4 rings (SSSR count). The summed E-state index contributed by atoms with van der Waals surface area (Å²) in [6, 6.07) is 16.5. The predicted octanol–water partition coefficient (Wildman–Crippen LogP) is 5.41. The quantitative estimate of drug-likeness (QED) is 0.587. The van der Waals surface area contributed by atoms with Crippen LogP contribution >= 0.6 is 22.9 Å². The van der Waals surface area contributed by atoms with Gasteiger partial charge in [0, 0.05) is 10.6 Å². The van der Waals surface area contributed by atoms with Crippen molar-refractivity contribution in [1.29, 1.82) is 0 Å². The molecule has 0 aliphatic carbocycles. The lowest BCUT2D eigenvalue weighted by Gasteiger charge is -2.17. The van der Waals surface area contributed by atoms with Gasteiger partial charge in [-0.3, -0.25) is 9.59 Å². The smallest absolute Gasteiger partial charge is 0.282 e. The number of imide groups is 1. The second-order valence-corrected chi connectivity index (χ2v) is 7.92. The van der Waals surface area contributed by atoms with E-state index in [4.69, 9.17) is 11.6 Å². The number of nitrogens with one attached hydrogen (secondary N) is 1. The van der Waals surface area contributed by atoms with Gasteiger partial charge in [0.15, 0.2) is 0 Å². The second-order valence-electron chi connectivity index (χ2n) is 6.57. The maximum atomic E-state index is 13.3. The molecule has 6 heteroatoms. The van der Waals surface area contributed by atoms with Crippen LogP contribution in [0.3, 0.4) is 0 Å². The summed E-state index contributed by atoms with van der Waals surface area (Å²) >= 11 is 7.69. The minimum atomic E-state index is -0.415. The molecule has 0 unspecified atom stereocenters. The number of aryl methyl sites for hydroxylation is 2. The van der Waals surface area contributed by atoms with Crippen molar-refractivity contribution >= 4 is 51.7 Å². The number of halogens is 1. The van der Waals surface area contributed by atoms with Gasteiger partial charge in [-0.2, -0.15) is 0 Å². The van der Waals surface area contributed by atoms with Gasteiger partial charge in [-0.05, 0) is 49.1 Å². The molecule has 0 radical (unpaired) electrons. The van der Waals surface area contributed by atoms with Crippen LogP contribution in [0, 0.1) is 13.8 Å². The van der Waals surface area contributed by atoms with Crippen LogP contribution in [0.15, 0.2) is 65.7 Å². The van der Waals surface area contributed by atoms with Gasteiger partial charge in [0.2, 0.25) is 0 Å². The van der Waals surface area contributed by atoms with Gasteiger partial charge in [-0.25, -0.2) is 4.90 Å². The van der Waals surface area contributed by atoms with Crippen molar-refractivity contribution in [2.24, 2.45) is 0 Å². The van der Waals surface area contributed by atoms with E-state index in [1.165, 1.54) is 11.3 Å². The molecule has 0 atom stereocenters. The van der Waals surface area contributed by atoms with E-state index in [9.17, 15) is 9.59 Å². The van der Waals surface area contributed by atoms with Gasteiger partial charge in [0.1, 0.15) is 5.70 Å². The zero-order chi connectivity index (χ0) is 19.8. The van der Waals surface area contributed by atoms with Gasteiger partial charge in [-0.15, -0.1) is 11.3 Å². The average molecular weight is 409 g/mol. The first kappa shape index (κ1) is 18.5. The molecule has 2 amide bonds. The Kier molecular flexibility index (Phi) is 4.79. The first-order valence-corrected chi connectivity index (χ1v) is 9.99. The Hall–Kier alpha value is -2.89. The van der Waals surface area contributed by atoms with E-state index in [1.54, 1.807) is 24.3 Å². The minimum Gasteiger partial charge on any atom is -0.350 e. The molecule has 1 aliphatic heterocycles. The van der Waals surface area contributed by atoms with E-state index in [2.05, 4.69) is 5.32 Å². The molecule has 0 bridgehead atoms. The topological polar surface area (TPSA) is 49.4 Å². The molecule has 1 aromatic heterocycles. The van der Waals surface area contributed by atoms with Crippen molar-refractivity contribution in [1.82, 2.24) is 0 Å². The number of para-hydroxylation sites is 1. The largest absolute Gasteiger partial charge is 0.350 e. The monoisotopic (exact) mass is 408 g/mol. The normalized spacial score (nSPS) is 14.2. The summed E-state index contributed by atoms with van der Waals surface area (Å²) in [7, 11) is 0. The first-order chi connectivity index (χ1) is 13.5. The van der Waals surface area contributed by atoms with E-state index < -0.39 is 5.91 Å². The van der Waals surface area contributed by atoms with Crippen molar-refractivity contribution in [3.63, 3.8) is 0 Å². The summed E-state index contributed by atoms with van der Waals surface area (Å²) in [5.41, 5.74) is 3.91. The zero-order valence-corrected chi connectivity index (χ0v) is 16.9. The van der Waals surface area contributed by atoms with Crippen LogP contribution in [0.2, 0.25) is 5.02 Å². The molecule has 28 heavy (non-hydrogen) atoms. The fourth-order valence-corrected chi connectivity index (χ4v) is 4.22. The lowest BCUT2D eigenvalue weighted by atomic mass is 10.1. The lowest BCUT2D eigenvalue weighted by Crippen LogP contribution is -2.32. The van der Waals surface area contributed by atoms with Gasteiger partial charge in [-0.1, -0.05) is 47.5 Å². The minimum absolute atomic E-state index is 0.263. The molecular weight excluding hydrogens is 392 g/mol. The van der Waals surface area contributed by atoms with E-state index >= 15 is 0 Å². The fraction of sp³-hybridized carbons (Fsp3) is 0.0909. The predicted molar refractivity (Wildman–Crippen MR) is 115 cm³/mol. The second kappa shape index (κ2) is 7.26. The molecule has 2 aromatic carbocycles. The maximum absolute atomic E-state index is 13.3. The molecular formula is C22H17ClN2O2S. The summed E-state index contributed by atoms with van der Waals surface area (Å²) in [6.45, 7) is 3.98. The number of benzene rings is 2. The van der Waals surface area contributed by atoms with Crippen molar-refractivity contribution in [3.05, 3.63) is 86.7 Å². The molecule has 0 spiro atoms. The summed E-state index contributed by atoms with van der Waals surface area (Å²) in [5.74, 6) is -0.797. The molecule has 2 heterocycles. The third-order valence-electron chi connectivity index (χ3n) is 4.59.